The number of carbonyl (C=O) groups is 1. The zero-order valence-corrected chi connectivity index (χ0v) is 17.7. The summed E-state index contributed by atoms with van der Waals surface area (Å²) >= 11 is 0. The summed E-state index contributed by atoms with van der Waals surface area (Å²) in [5, 5.41) is 7.91. The van der Waals surface area contributed by atoms with E-state index in [2.05, 4.69) is 65.6 Å². The molecular formula is C28H25NO2. The molecule has 4 heterocycles. The third-order valence-corrected chi connectivity index (χ3v) is 8.28. The first-order chi connectivity index (χ1) is 15.2. The van der Waals surface area contributed by atoms with E-state index in [9.17, 15) is 4.79 Å². The number of ether oxygens (including phenoxy) is 1. The van der Waals surface area contributed by atoms with Gasteiger partial charge in [-0.15, -0.1) is 0 Å². The monoisotopic (exact) mass is 407 g/mol. The molecular weight excluding hydrogens is 382 g/mol. The van der Waals surface area contributed by atoms with Gasteiger partial charge in [0.25, 0.3) is 0 Å². The zero-order chi connectivity index (χ0) is 20.7. The highest BCUT2D eigenvalue weighted by molar-refractivity contribution is 6.24. The summed E-state index contributed by atoms with van der Waals surface area (Å²) in [5.74, 6) is 0.276. The van der Waals surface area contributed by atoms with Crippen molar-refractivity contribution in [1.29, 1.82) is 0 Å². The average molecular weight is 408 g/mol. The predicted molar refractivity (Wildman–Crippen MR) is 125 cm³/mol. The first-order valence-corrected chi connectivity index (χ1v) is 11.4. The van der Waals surface area contributed by atoms with E-state index in [-0.39, 0.29) is 11.9 Å². The molecule has 4 fully saturated rings. The molecule has 0 saturated carbocycles. The maximum absolute atomic E-state index is 12.7. The van der Waals surface area contributed by atoms with Crippen LogP contribution in [0.3, 0.4) is 0 Å². The van der Waals surface area contributed by atoms with Crippen LogP contribution in [0.4, 0.5) is 0 Å². The fraction of sp³-hybridized carbons (Fsp3) is 0.321. The van der Waals surface area contributed by atoms with Gasteiger partial charge in [-0.1, -0.05) is 66.2 Å². The number of fused-ring (bicyclic) bond motifs is 1. The van der Waals surface area contributed by atoms with Gasteiger partial charge in [0.15, 0.2) is 0 Å². The third-order valence-electron chi connectivity index (χ3n) is 8.28. The molecule has 31 heavy (non-hydrogen) atoms. The number of nitrogens with zero attached hydrogens (tertiary/aromatic N) is 1. The molecule has 4 saturated heterocycles. The Hall–Kier alpha value is -2.91. The van der Waals surface area contributed by atoms with Crippen molar-refractivity contribution in [2.45, 2.75) is 31.3 Å². The smallest absolute Gasteiger partial charge is 0.310 e. The minimum Gasteiger partial charge on any atom is -0.469 e. The van der Waals surface area contributed by atoms with Gasteiger partial charge >= 0.3 is 5.97 Å². The second-order valence-electron chi connectivity index (χ2n) is 9.59. The Morgan fingerprint density at radius 1 is 0.968 bits per heavy atom. The van der Waals surface area contributed by atoms with E-state index in [1.54, 1.807) is 0 Å². The average Bonchev–Trinajstić information content (AvgIpc) is 3.12. The largest absolute Gasteiger partial charge is 0.469 e. The number of hydrogen-bond donors (Lipinski definition) is 0. The molecule has 4 aromatic rings. The standard InChI is InChI=1S/C28H25NO2/c1-31-28(30)27-23-14-21-10-12-24(27)29(21)15-20(23)13-19-8-7-18-6-5-16-3-2-4-17-9-11-22(19)26(18)25(16)17/h2-9,11,13,21,23-24,27H,10,12,14-15H2,1H3/b20-13+/t21-,23+,24+,27-/m0/s1. The van der Waals surface area contributed by atoms with Crippen molar-refractivity contribution in [3.63, 3.8) is 0 Å². The Morgan fingerprint density at radius 3 is 2.52 bits per heavy atom. The van der Waals surface area contributed by atoms with Gasteiger partial charge in [0.05, 0.1) is 13.0 Å². The number of methoxy groups -OCH3 is 1. The van der Waals surface area contributed by atoms with E-state index in [1.165, 1.54) is 57.0 Å². The van der Waals surface area contributed by atoms with Gasteiger partial charge in [-0.25, -0.2) is 0 Å². The quantitative estimate of drug-likeness (QED) is 0.319. The fourth-order valence-electron chi connectivity index (χ4n) is 6.96. The molecule has 0 spiro atoms. The molecule has 1 unspecified atom stereocenters. The second-order valence-corrected chi connectivity index (χ2v) is 9.59. The number of carbonyl (C=O) groups excluding carboxylic acids is 1. The molecule has 5 atom stereocenters. The third kappa shape index (κ3) is 2.36. The maximum atomic E-state index is 12.7. The molecule has 154 valence electrons. The Bertz CT molecular complexity index is 1370. The van der Waals surface area contributed by atoms with E-state index in [4.69, 9.17) is 4.74 Å². The second kappa shape index (κ2) is 6.30. The summed E-state index contributed by atoms with van der Waals surface area (Å²) in [5.41, 5.74) is 2.67. The molecule has 0 radical (unpaired) electrons. The molecule has 4 aromatic carbocycles. The first-order valence-electron chi connectivity index (χ1n) is 11.4. The Morgan fingerprint density at radius 2 is 1.71 bits per heavy atom. The lowest BCUT2D eigenvalue weighted by Crippen LogP contribution is -2.58. The van der Waals surface area contributed by atoms with Gasteiger partial charge in [-0.3, -0.25) is 9.69 Å². The Balaban J connectivity index is 1.41. The molecule has 4 bridgehead atoms. The number of hydrogen-bond acceptors (Lipinski definition) is 3. The van der Waals surface area contributed by atoms with Crippen molar-refractivity contribution in [2.75, 3.05) is 13.7 Å². The normalized spacial score (nSPS) is 30.7. The van der Waals surface area contributed by atoms with Crippen LogP contribution < -0.4 is 0 Å². The first kappa shape index (κ1) is 17.7. The summed E-state index contributed by atoms with van der Waals surface area (Å²) in [6, 6.07) is 21.1. The van der Waals surface area contributed by atoms with Crippen LogP contribution >= 0.6 is 0 Å². The van der Waals surface area contributed by atoms with Crippen molar-refractivity contribution in [3.8, 4) is 0 Å². The van der Waals surface area contributed by atoms with Gasteiger partial charge in [0, 0.05) is 18.6 Å². The van der Waals surface area contributed by atoms with Gasteiger partial charge in [0.2, 0.25) is 0 Å². The lowest BCUT2D eigenvalue weighted by Gasteiger charge is -2.50. The molecule has 8 rings (SSSR count). The van der Waals surface area contributed by atoms with Crippen LogP contribution in [0.1, 0.15) is 24.8 Å². The molecule has 4 aliphatic heterocycles. The molecule has 0 aromatic heterocycles. The van der Waals surface area contributed by atoms with Gasteiger partial charge in [-0.2, -0.15) is 0 Å². The van der Waals surface area contributed by atoms with E-state index in [0.29, 0.717) is 18.0 Å². The molecule has 4 aliphatic rings. The molecule has 3 heteroatoms. The van der Waals surface area contributed by atoms with Gasteiger partial charge in [0.1, 0.15) is 0 Å². The predicted octanol–water partition coefficient (Wildman–Crippen LogP) is 5.62. The Labute approximate surface area is 181 Å². The van der Waals surface area contributed by atoms with Crippen LogP contribution in [0, 0.1) is 11.8 Å². The maximum Gasteiger partial charge on any atom is 0.310 e. The highest BCUT2D eigenvalue weighted by atomic mass is 16.5. The number of piperidine rings is 3. The number of benzene rings is 4. The molecule has 0 N–H and O–H groups in total. The van der Waals surface area contributed by atoms with E-state index in [0.717, 1.165) is 19.4 Å². The summed E-state index contributed by atoms with van der Waals surface area (Å²) in [7, 11) is 1.54. The fourth-order valence-corrected chi connectivity index (χ4v) is 6.96. The lowest BCUT2D eigenvalue weighted by molar-refractivity contribution is -0.153. The van der Waals surface area contributed by atoms with E-state index in [1.807, 2.05) is 0 Å². The minimum absolute atomic E-state index is 0.0106. The summed E-state index contributed by atoms with van der Waals surface area (Å²) in [4.78, 5) is 15.3. The van der Waals surface area contributed by atoms with Gasteiger partial charge < -0.3 is 4.74 Å². The van der Waals surface area contributed by atoms with Crippen molar-refractivity contribution < 1.29 is 9.53 Å². The zero-order valence-electron chi connectivity index (χ0n) is 17.7. The summed E-state index contributed by atoms with van der Waals surface area (Å²) in [6.07, 6.45) is 5.83. The van der Waals surface area contributed by atoms with E-state index < -0.39 is 0 Å². The van der Waals surface area contributed by atoms with Crippen LogP contribution in [-0.2, 0) is 9.53 Å². The summed E-state index contributed by atoms with van der Waals surface area (Å²) < 4.78 is 5.25. The highest BCUT2D eigenvalue weighted by Crippen LogP contribution is 2.51. The van der Waals surface area contributed by atoms with Crippen LogP contribution in [0.25, 0.3) is 38.4 Å². The SMILES string of the molecule is COC(=O)[C@H]1[C@@H]2C[C@@H]3CC[C@H]1N3C/C2=C\c1ccc2ccc3cccc4ccc1c2c34. The molecule has 3 nitrogen and oxygen atoms in total. The Kier molecular flexibility index (Phi) is 3.61. The van der Waals surface area contributed by atoms with Crippen molar-refractivity contribution in [2.24, 2.45) is 11.8 Å². The minimum atomic E-state index is -0.0265. The van der Waals surface area contributed by atoms with Crippen LogP contribution in [0.2, 0.25) is 0 Å². The van der Waals surface area contributed by atoms with E-state index >= 15 is 0 Å². The number of rotatable bonds is 2. The van der Waals surface area contributed by atoms with Crippen molar-refractivity contribution in [1.82, 2.24) is 4.90 Å². The van der Waals surface area contributed by atoms with Crippen molar-refractivity contribution >= 4 is 44.4 Å². The molecule has 0 amide bonds. The topological polar surface area (TPSA) is 29.5 Å². The summed E-state index contributed by atoms with van der Waals surface area (Å²) in [6.45, 7) is 0.996. The number of esters is 1. The van der Waals surface area contributed by atoms with Crippen LogP contribution in [-0.4, -0.2) is 36.6 Å². The van der Waals surface area contributed by atoms with Gasteiger partial charge in [-0.05, 0) is 63.1 Å². The van der Waals surface area contributed by atoms with Crippen LogP contribution in [0.5, 0.6) is 0 Å². The highest BCUT2D eigenvalue weighted by Gasteiger charge is 2.55. The van der Waals surface area contributed by atoms with Crippen LogP contribution in [0.15, 0.2) is 60.2 Å². The van der Waals surface area contributed by atoms with Crippen molar-refractivity contribution in [3.05, 3.63) is 65.7 Å². The molecule has 0 aliphatic carbocycles. The lowest BCUT2D eigenvalue weighted by atomic mass is 9.70.